The van der Waals surface area contributed by atoms with Crippen molar-refractivity contribution in [3.05, 3.63) is 51.5 Å². The van der Waals surface area contributed by atoms with Gasteiger partial charge in [-0.15, -0.1) is 0 Å². The Balaban J connectivity index is 1.87. The van der Waals surface area contributed by atoms with Crippen LogP contribution in [-0.4, -0.2) is 12.7 Å². The van der Waals surface area contributed by atoms with E-state index in [1.165, 1.54) is 0 Å². The molecule has 0 saturated carbocycles. The van der Waals surface area contributed by atoms with Crippen LogP contribution in [0.4, 0.5) is 5.69 Å². The summed E-state index contributed by atoms with van der Waals surface area (Å²) in [6.45, 7) is 1.98. The Morgan fingerprint density at radius 1 is 1.19 bits per heavy atom. The molecular formula is C15H11Cl2NO3. The molecule has 0 aliphatic carbocycles. The molecule has 1 heterocycles. The fourth-order valence-corrected chi connectivity index (χ4v) is 2.55. The number of halogens is 2. The zero-order valence-corrected chi connectivity index (χ0v) is 12.6. The minimum Gasteiger partial charge on any atom is -0.454 e. The highest BCUT2D eigenvalue weighted by Gasteiger charge is 2.20. The van der Waals surface area contributed by atoms with E-state index in [0.29, 0.717) is 32.8 Å². The van der Waals surface area contributed by atoms with Crippen molar-refractivity contribution < 1.29 is 14.3 Å². The van der Waals surface area contributed by atoms with E-state index in [4.69, 9.17) is 32.7 Å². The first-order valence-corrected chi connectivity index (χ1v) is 6.97. The number of fused-ring (bicyclic) bond motifs is 1. The van der Waals surface area contributed by atoms with Gasteiger partial charge in [-0.1, -0.05) is 23.2 Å². The average Bonchev–Trinajstić information content (AvgIpc) is 2.90. The fraction of sp³-hybridized carbons (Fsp3) is 0.133. The van der Waals surface area contributed by atoms with Crippen LogP contribution in [0.3, 0.4) is 0 Å². The van der Waals surface area contributed by atoms with E-state index in [-0.39, 0.29) is 12.7 Å². The van der Waals surface area contributed by atoms with Gasteiger partial charge < -0.3 is 14.8 Å². The number of hydrogen-bond donors (Lipinski definition) is 1. The third kappa shape index (κ3) is 2.77. The molecule has 6 heteroatoms. The van der Waals surface area contributed by atoms with Crippen LogP contribution in [0.2, 0.25) is 10.0 Å². The Kier molecular flexibility index (Phi) is 3.66. The Morgan fingerprint density at radius 2 is 2.00 bits per heavy atom. The van der Waals surface area contributed by atoms with Crippen LogP contribution in [0, 0.1) is 6.92 Å². The highest BCUT2D eigenvalue weighted by molar-refractivity contribution is 6.33. The number of ether oxygens (including phenoxy) is 2. The van der Waals surface area contributed by atoms with Crippen LogP contribution in [-0.2, 0) is 0 Å². The fourth-order valence-electron chi connectivity index (χ4n) is 2.06. The second-order valence-corrected chi connectivity index (χ2v) is 5.45. The van der Waals surface area contributed by atoms with E-state index < -0.39 is 0 Å². The van der Waals surface area contributed by atoms with Gasteiger partial charge in [0.2, 0.25) is 6.79 Å². The van der Waals surface area contributed by atoms with Gasteiger partial charge in [0.05, 0.1) is 5.02 Å². The first-order valence-electron chi connectivity index (χ1n) is 6.21. The molecule has 2 aromatic carbocycles. The van der Waals surface area contributed by atoms with Crippen molar-refractivity contribution >= 4 is 34.8 Å². The molecule has 1 aliphatic rings. The molecule has 1 aliphatic heterocycles. The highest BCUT2D eigenvalue weighted by atomic mass is 35.5. The van der Waals surface area contributed by atoms with E-state index in [0.717, 1.165) is 5.56 Å². The maximum atomic E-state index is 12.3. The van der Waals surface area contributed by atoms with Crippen LogP contribution in [0.25, 0.3) is 0 Å². The van der Waals surface area contributed by atoms with Gasteiger partial charge in [0.15, 0.2) is 11.5 Å². The Hall–Kier alpha value is -1.91. The molecule has 0 aromatic heterocycles. The molecule has 0 radical (unpaired) electrons. The summed E-state index contributed by atoms with van der Waals surface area (Å²) in [6, 6.07) is 8.41. The number of carbonyl (C=O) groups excluding carboxylic acids is 1. The van der Waals surface area contributed by atoms with Crippen molar-refractivity contribution in [1.82, 2.24) is 0 Å². The molecule has 0 unspecified atom stereocenters. The number of nitrogens with one attached hydrogen (secondary N) is 1. The van der Waals surface area contributed by atoms with Gasteiger partial charge in [-0.05, 0) is 42.8 Å². The third-order valence-electron chi connectivity index (χ3n) is 3.13. The molecule has 2 aromatic rings. The first kappa shape index (κ1) is 14.0. The summed E-state index contributed by atoms with van der Waals surface area (Å²) in [4.78, 5) is 12.3. The molecular weight excluding hydrogens is 313 g/mol. The molecule has 1 N–H and O–H groups in total. The third-order valence-corrected chi connectivity index (χ3v) is 3.64. The molecule has 0 atom stereocenters. The Bertz CT molecular complexity index is 731. The van der Waals surface area contributed by atoms with Crippen LogP contribution in [0.1, 0.15) is 15.9 Å². The van der Waals surface area contributed by atoms with Crippen molar-refractivity contribution in [2.45, 2.75) is 6.92 Å². The molecule has 0 fully saturated rings. The Labute approximate surface area is 131 Å². The van der Waals surface area contributed by atoms with Crippen molar-refractivity contribution in [1.29, 1.82) is 0 Å². The summed E-state index contributed by atoms with van der Waals surface area (Å²) in [5.74, 6) is 0.664. The molecule has 108 valence electrons. The van der Waals surface area contributed by atoms with Crippen LogP contribution >= 0.6 is 23.2 Å². The number of rotatable bonds is 2. The summed E-state index contributed by atoms with van der Waals surface area (Å²) in [5.41, 5.74) is 1.97. The number of aryl methyl sites for hydroxylation is 1. The molecule has 21 heavy (non-hydrogen) atoms. The van der Waals surface area contributed by atoms with E-state index in [9.17, 15) is 4.79 Å². The maximum Gasteiger partial charge on any atom is 0.255 e. The summed E-state index contributed by atoms with van der Waals surface area (Å²) in [6.07, 6.45) is 0. The summed E-state index contributed by atoms with van der Waals surface area (Å²) < 4.78 is 10.5. The molecule has 0 bridgehead atoms. The standard InChI is InChI=1S/C15H11Cl2NO3/c1-8-4-10(16)2-3-12(8)18-15(19)9-5-11(17)14-13(6-9)20-7-21-14/h2-6H,7H2,1H3,(H,18,19). The van der Waals surface area contributed by atoms with Crippen LogP contribution in [0.15, 0.2) is 30.3 Å². The second kappa shape index (κ2) is 5.47. The molecule has 3 rings (SSSR count). The van der Waals surface area contributed by atoms with Crippen molar-refractivity contribution in [2.24, 2.45) is 0 Å². The predicted molar refractivity (Wildman–Crippen MR) is 81.7 cm³/mol. The molecule has 1 amide bonds. The lowest BCUT2D eigenvalue weighted by atomic mass is 10.1. The number of amides is 1. The van der Waals surface area contributed by atoms with Gasteiger partial charge in [-0.2, -0.15) is 0 Å². The zero-order chi connectivity index (χ0) is 15.0. The van der Waals surface area contributed by atoms with Gasteiger partial charge in [0.25, 0.3) is 5.91 Å². The second-order valence-electron chi connectivity index (χ2n) is 4.61. The smallest absolute Gasteiger partial charge is 0.255 e. The van der Waals surface area contributed by atoms with Crippen molar-refractivity contribution in [3.63, 3.8) is 0 Å². The first-order chi connectivity index (χ1) is 10.0. The number of anilines is 1. The van der Waals surface area contributed by atoms with Gasteiger partial charge in [0, 0.05) is 16.3 Å². The van der Waals surface area contributed by atoms with Crippen molar-refractivity contribution in [2.75, 3.05) is 12.1 Å². The summed E-state index contributed by atoms with van der Waals surface area (Å²) in [7, 11) is 0. The maximum absolute atomic E-state index is 12.3. The van der Waals surface area contributed by atoms with E-state index in [1.807, 2.05) is 6.92 Å². The van der Waals surface area contributed by atoms with E-state index >= 15 is 0 Å². The number of carbonyl (C=O) groups is 1. The predicted octanol–water partition coefficient (Wildman–Crippen LogP) is 4.28. The summed E-state index contributed by atoms with van der Waals surface area (Å²) >= 11 is 12.0. The monoisotopic (exact) mass is 323 g/mol. The lowest BCUT2D eigenvalue weighted by Crippen LogP contribution is -2.12. The minimum absolute atomic E-state index is 0.108. The number of hydrogen-bond acceptors (Lipinski definition) is 3. The van der Waals surface area contributed by atoms with Gasteiger partial charge in [-0.3, -0.25) is 4.79 Å². The quantitative estimate of drug-likeness (QED) is 0.897. The van der Waals surface area contributed by atoms with Crippen molar-refractivity contribution in [3.8, 4) is 11.5 Å². The summed E-state index contributed by atoms with van der Waals surface area (Å²) in [5, 5.41) is 3.79. The Morgan fingerprint density at radius 3 is 2.76 bits per heavy atom. The lowest BCUT2D eigenvalue weighted by Gasteiger charge is -2.09. The van der Waals surface area contributed by atoms with Gasteiger partial charge in [-0.25, -0.2) is 0 Å². The topological polar surface area (TPSA) is 47.6 Å². The minimum atomic E-state index is -0.277. The highest BCUT2D eigenvalue weighted by Crippen LogP contribution is 2.39. The average molecular weight is 324 g/mol. The SMILES string of the molecule is Cc1cc(Cl)ccc1NC(=O)c1cc(Cl)c2c(c1)OCO2. The van der Waals surface area contributed by atoms with Crippen LogP contribution < -0.4 is 14.8 Å². The van der Waals surface area contributed by atoms with Gasteiger partial charge in [0.1, 0.15) is 0 Å². The normalized spacial score (nSPS) is 12.3. The largest absolute Gasteiger partial charge is 0.454 e. The molecule has 4 nitrogen and oxygen atoms in total. The van der Waals surface area contributed by atoms with Crippen LogP contribution in [0.5, 0.6) is 11.5 Å². The van der Waals surface area contributed by atoms with E-state index in [2.05, 4.69) is 5.32 Å². The number of benzene rings is 2. The molecule has 0 spiro atoms. The molecule has 0 saturated heterocycles. The lowest BCUT2D eigenvalue weighted by molar-refractivity contribution is 0.102. The van der Waals surface area contributed by atoms with Gasteiger partial charge >= 0.3 is 0 Å². The van der Waals surface area contributed by atoms with E-state index in [1.54, 1.807) is 30.3 Å². The zero-order valence-electron chi connectivity index (χ0n) is 11.1.